The summed E-state index contributed by atoms with van der Waals surface area (Å²) >= 11 is 1.92. The number of hydrogen-bond donors (Lipinski definition) is 2. The van der Waals surface area contributed by atoms with Crippen LogP contribution in [0.1, 0.15) is 38.3 Å². The fraction of sp³-hybridized carbons (Fsp3) is 0.600. The normalized spacial score (nSPS) is 12.9. The topological polar surface area (TPSA) is 24.1 Å². The highest BCUT2D eigenvalue weighted by atomic mass is 32.2. The van der Waals surface area contributed by atoms with Crippen molar-refractivity contribution in [3.05, 3.63) is 29.8 Å². The molecular weight excluding hydrogens is 240 g/mol. The minimum Gasteiger partial charge on any atom is -0.320 e. The third-order valence-corrected chi connectivity index (χ3v) is 3.94. The molecule has 0 bridgehead atoms. The first-order valence-electron chi connectivity index (χ1n) is 6.76. The lowest BCUT2D eigenvalue weighted by atomic mass is 10.0. The Balaban J connectivity index is 2.57. The van der Waals surface area contributed by atoms with Crippen molar-refractivity contribution in [2.45, 2.75) is 42.9 Å². The van der Waals surface area contributed by atoms with Crippen LogP contribution in [0.25, 0.3) is 0 Å². The second-order valence-corrected chi connectivity index (χ2v) is 6.47. The number of benzene rings is 1. The summed E-state index contributed by atoms with van der Waals surface area (Å²) in [6.07, 6.45) is 2.37. The van der Waals surface area contributed by atoms with Gasteiger partial charge in [0, 0.05) is 16.2 Å². The molecule has 1 unspecified atom stereocenters. The van der Waals surface area contributed by atoms with Crippen molar-refractivity contribution in [3.8, 4) is 0 Å². The Morgan fingerprint density at radius 1 is 1.11 bits per heavy atom. The predicted molar refractivity (Wildman–Crippen MR) is 82.4 cm³/mol. The van der Waals surface area contributed by atoms with Crippen molar-refractivity contribution in [2.24, 2.45) is 0 Å². The van der Waals surface area contributed by atoms with Crippen molar-refractivity contribution in [2.75, 3.05) is 20.6 Å². The van der Waals surface area contributed by atoms with Gasteiger partial charge in [-0.05, 0) is 51.2 Å². The molecule has 0 amide bonds. The highest BCUT2D eigenvalue weighted by Crippen LogP contribution is 2.25. The van der Waals surface area contributed by atoms with Crippen LogP contribution in [0, 0.1) is 0 Å². The molecule has 1 aromatic carbocycles. The lowest BCUT2D eigenvalue weighted by Crippen LogP contribution is -2.18. The van der Waals surface area contributed by atoms with Gasteiger partial charge >= 0.3 is 0 Å². The van der Waals surface area contributed by atoms with E-state index >= 15 is 0 Å². The minimum atomic E-state index is 0.469. The quantitative estimate of drug-likeness (QED) is 0.557. The summed E-state index contributed by atoms with van der Waals surface area (Å²) in [5.74, 6) is 0. The molecule has 102 valence electrons. The Labute approximate surface area is 116 Å². The fourth-order valence-corrected chi connectivity index (χ4v) is 2.85. The Hall–Kier alpha value is -0.510. The second kappa shape index (κ2) is 8.57. The van der Waals surface area contributed by atoms with Crippen LogP contribution in [0.4, 0.5) is 0 Å². The van der Waals surface area contributed by atoms with Gasteiger partial charge in [0.2, 0.25) is 0 Å². The molecule has 0 aromatic heterocycles. The Bertz CT molecular complexity index is 322. The van der Waals surface area contributed by atoms with Crippen molar-refractivity contribution in [1.29, 1.82) is 0 Å². The SMILES string of the molecule is CNCCCC(NC)c1ccc(SC(C)C)cc1. The molecule has 0 heterocycles. The van der Waals surface area contributed by atoms with E-state index in [1.807, 2.05) is 25.9 Å². The number of hydrogen-bond acceptors (Lipinski definition) is 3. The molecule has 0 fully saturated rings. The summed E-state index contributed by atoms with van der Waals surface area (Å²) in [5.41, 5.74) is 1.39. The van der Waals surface area contributed by atoms with Crippen LogP contribution < -0.4 is 10.6 Å². The van der Waals surface area contributed by atoms with Crippen LogP contribution in [0.2, 0.25) is 0 Å². The van der Waals surface area contributed by atoms with Gasteiger partial charge in [0.25, 0.3) is 0 Å². The van der Waals surface area contributed by atoms with Crippen LogP contribution >= 0.6 is 11.8 Å². The lowest BCUT2D eigenvalue weighted by Gasteiger charge is -2.17. The molecule has 0 radical (unpaired) electrons. The average molecular weight is 266 g/mol. The first-order chi connectivity index (χ1) is 8.67. The lowest BCUT2D eigenvalue weighted by molar-refractivity contribution is 0.518. The van der Waals surface area contributed by atoms with Gasteiger partial charge in [-0.25, -0.2) is 0 Å². The molecule has 0 aliphatic rings. The number of rotatable bonds is 8. The monoisotopic (exact) mass is 266 g/mol. The van der Waals surface area contributed by atoms with E-state index in [1.165, 1.54) is 23.3 Å². The summed E-state index contributed by atoms with van der Waals surface area (Å²) < 4.78 is 0. The van der Waals surface area contributed by atoms with E-state index in [-0.39, 0.29) is 0 Å². The highest BCUT2D eigenvalue weighted by molar-refractivity contribution is 7.99. The number of thioether (sulfide) groups is 1. The molecule has 1 aromatic rings. The first-order valence-corrected chi connectivity index (χ1v) is 7.63. The summed E-state index contributed by atoms with van der Waals surface area (Å²) in [4.78, 5) is 1.36. The average Bonchev–Trinajstić information content (AvgIpc) is 2.35. The van der Waals surface area contributed by atoms with Crippen molar-refractivity contribution < 1.29 is 0 Å². The van der Waals surface area contributed by atoms with Gasteiger partial charge in [-0.15, -0.1) is 11.8 Å². The molecule has 0 saturated carbocycles. The Kier molecular flexibility index (Phi) is 7.40. The molecular formula is C15H26N2S. The van der Waals surface area contributed by atoms with Gasteiger partial charge in [0.05, 0.1) is 0 Å². The smallest absolute Gasteiger partial charge is 0.0318 e. The van der Waals surface area contributed by atoms with E-state index in [0.717, 1.165) is 6.54 Å². The third kappa shape index (κ3) is 5.42. The van der Waals surface area contributed by atoms with Crippen molar-refractivity contribution >= 4 is 11.8 Å². The Morgan fingerprint density at radius 3 is 2.28 bits per heavy atom. The molecule has 3 heteroatoms. The van der Waals surface area contributed by atoms with Crippen LogP contribution in [0.5, 0.6) is 0 Å². The van der Waals surface area contributed by atoms with Crippen molar-refractivity contribution in [3.63, 3.8) is 0 Å². The number of nitrogens with one attached hydrogen (secondary N) is 2. The summed E-state index contributed by atoms with van der Waals surface area (Å²) in [6, 6.07) is 9.46. The molecule has 0 aliphatic heterocycles. The molecule has 2 nitrogen and oxygen atoms in total. The van der Waals surface area contributed by atoms with Crippen LogP contribution in [-0.2, 0) is 0 Å². The van der Waals surface area contributed by atoms with Gasteiger partial charge in [-0.2, -0.15) is 0 Å². The zero-order valence-electron chi connectivity index (χ0n) is 12.0. The maximum absolute atomic E-state index is 3.40. The van der Waals surface area contributed by atoms with E-state index in [4.69, 9.17) is 0 Å². The maximum Gasteiger partial charge on any atom is 0.0318 e. The minimum absolute atomic E-state index is 0.469. The predicted octanol–water partition coefficient (Wildman–Crippen LogP) is 3.45. The first kappa shape index (κ1) is 15.5. The molecule has 0 aliphatic carbocycles. The molecule has 1 rings (SSSR count). The van der Waals surface area contributed by atoms with Gasteiger partial charge in [0.1, 0.15) is 0 Å². The van der Waals surface area contributed by atoms with E-state index < -0.39 is 0 Å². The summed E-state index contributed by atoms with van der Waals surface area (Å²) in [6.45, 7) is 5.54. The van der Waals surface area contributed by atoms with Gasteiger partial charge in [-0.1, -0.05) is 26.0 Å². The van der Waals surface area contributed by atoms with E-state index in [0.29, 0.717) is 11.3 Å². The molecule has 18 heavy (non-hydrogen) atoms. The van der Waals surface area contributed by atoms with Crippen LogP contribution in [-0.4, -0.2) is 25.9 Å². The zero-order chi connectivity index (χ0) is 13.4. The van der Waals surface area contributed by atoms with E-state index in [9.17, 15) is 0 Å². The zero-order valence-corrected chi connectivity index (χ0v) is 12.8. The Morgan fingerprint density at radius 2 is 1.78 bits per heavy atom. The largest absolute Gasteiger partial charge is 0.320 e. The van der Waals surface area contributed by atoms with E-state index in [1.54, 1.807) is 0 Å². The van der Waals surface area contributed by atoms with Gasteiger partial charge < -0.3 is 10.6 Å². The van der Waals surface area contributed by atoms with Crippen LogP contribution in [0.3, 0.4) is 0 Å². The van der Waals surface area contributed by atoms with E-state index in [2.05, 4.69) is 48.7 Å². The van der Waals surface area contributed by atoms with Crippen molar-refractivity contribution in [1.82, 2.24) is 10.6 Å². The standard InChI is InChI=1S/C15H26N2S/c1-12(2)18-14-9-7-13(8-10-14)15(17-4)6-5-11-16-3/h7-10,12,15-17H,5-6,11H2,1-4H3. The third-order valence-electron chi connectivity index (χ3n) is 2.92. The summed E-state index contributed by atoms with van der Waals surface area (Å²) in [5, 5.41) is 7.25. The second-order valence-electron chi connectivity index (χ2n) is 4.82. The fourth-order valence-electron chi connectivity index (χ4n) is 2.01. The van der Waals surface area contributed by atoms with Crippen LogP contribution in [0.15, 0.2) is 29.2 Å². The molecule has 0 spiro atoms. The molecule has 1 atom stereocenters. The summed E-state index contributed by atoms with van der Waals surface area (Å²) in [7, 11) is 4.05. The van der Waals surface area contributed by atoms with Gasteiger partial charge in [-0.3, -0.25) is 0 Å². The maximum atomic E-state index is 3.40. The van der Waals surface area contributed by atoms with Gasteiger partial charge in [0.15, 0.2) is 0 Å². The highest BCUT2D eigenvalue weighted by Gasteiger charge is 2.08. The molecule has 0 saturated heterocycles. The molecule has 2 N–H and O–H groups in total.